The van der Waals surface area contributed by atoms with E-state index >= 15 is 0 Å². The van der Waals surface area contributed by atoms with E-state index in [0.29, 0.717) is 37.4 Å². The Labute approximate surface area is 134 Å². The molecule has 1 saturated heterocycles. The van der Waals surface area contributed by atoms with E-state index in [1.807, 2.05) is 6.07 Å². The molecule has 0 radical (unpaired) electrons. The van der Waals surface area contributed by atoms with Gasteiger partial charge >= 0.3 is 0 Å². The fraction of sp³-hybridized carbons (Fsp3) is 0.412. The highest BCUT2D eigenvalue weighted by molar-refractivity contribution is 5.91. The van der Waals surface area contributed by atoms with Gasteiger partial charge in [-0.05, 0) is 19.4 Å². The summed E-state index contributed by atoms with van der Waals surface area (Å²) >= 11 is 0. The highest BCUT2D eigenvalue weighted by Crippen LogP contribution is 2.14. The molecule has 1 aliphatic rings. The van der Waals surface area contributed by atoms with E-state index in [2.05, 4.69) is 10.1 Å². The molecule has 0 N–H and O–H groups in total. The Kier molecular flexibility index (Phi) is 4.71. The van der Waals surface area contributed by atoms with Crippen LogP contribution in [-0.4, -0.2) is 47.0 Å². The molecule has 1 aromatic heterocycles. The largest absolute Gasteiger partial charge is 0.351 e. The number of nitrogens with zero attached hydrogens (tertiary/aromatic N) is 3. The Hall–Kier alpha value is -2.21. The predicted molar refractivity (Wildman–Crippen MR) is 83.4 cm³/mol. The molecule has 23 heavy (non-hydrogen) atoms. The molecule has 5 nitrogen and oxygen atoms in total. The van der Waals surface area contributed by atoms with Crippen molar-refractivity contribution in [3.05, 3.63) is 53.2 Å². The lowest BCUT2D eigenvalue weighted by molar-refractivity contribution is 0.0719. The van der Waals surface area contributed by atoms with Crippen LogP contribution >= 0.6 is 0 Å². The molecule has 2 aromatic rings. The van der Waals surface area contributed by atoms with Crippen LogP contribution in [0.15, 0.2) is 34.9 Å². The lowest BCUT2D eigenvalue weighted by Gasteiger charge is -2.21. The van der Waals surface area contributed by atoms with Crippen molar-refractivity contribution in [3.63, 3.8) is 0 Å². The summed E-state index contributed by atoms with van der Waals surface area (Å²) in [5.41, 5.74) is 1.39. The summed E-state index contributed by atoms with van der Waals surface area (Å²) in [4.78, 5) is 16.4. The zero-order valence-electron chi connectivity index (χ0n) is 13.2. The number of halogens is 1. The number of carbonyl (C=O) groups excluding carboxylic acids is 1. The van der Waals surface area contributed by atoms with E-state index in [1.54, 1.807) is 30.0 Å². The molecule has 1 aromatic carbocycles. The van der Waals surface area contributed by atoms with Crippen molar-refractivity contribution >= 4 is 5.91 Å². The van der Waals surface area contributed by atoms with Crippen LogP contribution in [0.3, 0.4) is 0 Å². The van der Waals surface area contributed by atoms with E-state index in [4.69, 9.17) is 4.52 Å². The van der Waals surface area contributed by atoms with Crippen LogP contribution in [0, 0.1) is 12.7 Å². The van der Waals surface area contributed by atoms with Crippen LogP contribution in [0.1, 0.15) is 28.2 Å². The summed E-state index contributed by atoms with van der Waals surface area (Å²) in [5, 5.41) is 3.76. The van der Waals surface area contributed by atoms with Gasteiger partial charge in [0, 0.05) is 44.4 Å². The van der Waals surface area contributed by atoms with Crippen LogP contribution < -0.4 is 0 Å². The number of benzene rings is 1. The standard InChI is InChI=1S/C17H20FN3O2/c1-13-11-16(23-19-13)17(22)21-8-4-7-20(9-10-21)12-14-5-2-3-6-15(14)18/h2-3,5-6,11H,4,7-10,12H2,1H3. The minimum atomic E-state index is -0.179. The topological polar surface area (TPSA) is 49.6 Å². The summed E-state index contributed by atoms with van der Waals surface area (Å²) in [6.45, 7) is 5.19. The Bertz CT molecular complexity index is 686. The lowest BCUT2D eigenvalue weighted by atomic mass is 10.2. The van der Waals surface area contributed by atoms with Gasteiger partial charge in [-0.3, -0.25) is 9.69 Å². The molecule has 0 aliphatic carbocycles. The van der Waals surface area contributed by atoms with Gasteiger partial charge in [-0.1, -0.05) is 23.4 Å². The highest BCUT2D eigenvalue weighted by Gasteiger charge is 2.23. The quantitative estimate of drug-likeness (QED) is 0.872. The van der Waals surface area contributed by atoms with Crippen LogP contribution in [0.5, 0.6) is 0 Å². The Balaban J connectivity index is 1.61. The number of carbonyl (C=O) groups is 1. The van der Waals surface area contributed by atoms with Crippen molar-refractivity contribution in [2.75, 3.05) is 26.2 Å². The molecule has 0 unspecified atom stereocenters. The third-order valence-corrected chi connectivity index (χ3v) is 4.07. The minimum Gasteiger partial charge on any atom is -0.351 e. The summed E-state index contributed by atoms with van der Waals surface area (Å²) < 4.78 is 18.8. The predicted octanol–water partition coefficient (Wildman–Crippen LogP) is 2.47. The summed E-state index contributed by atoms with van der Waals surface area (Å²) in [6, 6.07) is 8.49. The van der Waals surface area contributed by atoms with Crippen LogP contribution in [0.25, 0.3) is 0 Å². The normalized spacial score (nSPS) is 16.3. The van der Waals surface area contributed by atoms with Gasteiger partial charge in [-0.2, -0.15) is 0 Å². The zero-order chi connectivity index (χ0) is 16.2. The van der Waals surface area contributed by atoms with Crippen molar-refractivity contribution in [1.82, 2.24) is 15.0 Å². The van der Waals surface area contributed by atoms with Crippen molar-refractivity contribution < 1.29 is 13.7 Å². The molecule has 3 rings (SSSR count). The van der Waals surface area contributed by atoms with Crippen molar-refractivity contribution in [2.45, 2.75) is 19.9 Å². The van der Waals surface area contributed by atoms with Gasteiger partial charge in [0.2, 0.25) is 5.76 Å². The smallest absolute Gasteiger partial charge is 0.292 e. The first-order valence-electron chi connectivity index (χ1n) is 7.82. The first-order chi connectivity index (χ1) is 11.1. The SMILES string of the molecule is Cc1cc(C(=O)N2CCCN(Cc3ccccc3F)CC2)on1. The fourth-order valence-corrected chi connectivity index (χ4v) is 2.82. The number of aryl methyl sites for hydroxylation is 1. The maximum absolute atomic E-state index is 13.8. The zero-order valence-corrected chi connectivity index (χ0v) is 13.2. The van der Waals surface area contributed by atoms with Crippen LogP contribution in [0.4, 0.5) is 4.39 Å². The van der Waals surface area contributed by atoms with E-state index in [1.165, 1.54) is 6.07 Å². The number of hydrogen-bond acceptors (Lipinski definition) is 4. The van der Waals surface area contributed by atoms with E-state index in [-0.39, 0.29) is 17.5 Å². The van der Waals surface area contributed by atoms with Gasteiger partial charge in [0.1, 0.15) is 5.82 Å². The lowest BCUT2D eigenvalue weighted by Crippen LogP contribution is -2.35. The minimum absolute atomic E-state index is 0.127. The third-order valence-electron chi connectivity index (χ3n) is 4.07. The fourth-order valence-electron chi connectivity index (χ4n) is 2.82. The second kappa shape index (κ2) is 6.91. The molecular weight excluding hydrogens is 297 g/mol. The average molecular weight is 317 g/mol. The van der Waals surface area contributed by atoms with E-state index in [0.717, 1.165) is 13.0 Å². The molecule has 1 fully saturated rings. The number of rotatable bonds is 3. The molecule has 0 bridgehead atoms. The van der Waals surface area contributed by atoms with E-state index < -0.39 is 0 Å². The maximum atomic E-state index is 13.8. The van der Waals surface area contributed by atoms with E-state index in [9.17, 15) is 9.18 Å². The van der Waals surface area contributed by atoms with Gasteiger partial charge < -0.3 is 9.42 Å². The van der Waals surface area contributed by atoms with Crippen molar-refractivity contribution in [1.29, 1.82) is 0 Å². The Morgan fingerprint density at radius 2 is 2.09 bits per heavy atom. The Morgan fingerprint density at radius 3 is 2.83 bits per heavy atom. The van der Waals surface area contributed by atoms with Gasteiger partial charge in [-0.15, -0.1) is 0 Å². The summed E-state index contributed by atoms with van der Waals surface area (Å²) in [5.74, 6) is -0.0230. The van der Waals surface area contributed by atoms with Gasteiger partial charge in [-0.25, -0.2) is 4.39 Å². The second-order valence-corrected chi connectivity index (χ2v) is 5.85. The molecule has 0 atom stereocenters. The van der Waals surface area contributed by atoms with Gasteiger partial charge in [0.15, 0.2) is 0 Å². The molecule has 1 amide bonds. The van der Waals surface area contributed by atoms with Crippen LogP contribution in [-0.2, 0) is 6.54 Å². The maximum Gasteiger partial charge on any atom is 0.292 e. The Morgan fingerprint density at radius 1 is 1.26 bits per heavy atom. The first kappa shape index (κ1) is 15.7. The molecule has 0 saturated carbocycles. The number of amides is 1. The number of hydrogen-bond donors (Lipinski definition) is 0. The molecule has 122 valence electrons. The molecular formula is C17H20FN3O2. The summed E-state index contributed by atoms with van der Waals surface area (Å²) in [7, 11) is 0. The third kappa shape index (κ3) is 3.76. The first-order valence-corrected chi connectivity index (χ1v) is 7.82. The van der Waals surface area contributed by atoms with Crippen molar-refractivity contribution in [2.24, 2.45) is 0 Å². The second-order valence-electron chi connectivity index (χ2n) is 5.85. The van der Waals surface area contributed by atoms with Gasteiger partial charge in [0.25, 0.3) is 5.91 Å². The van der Waals surface area contributed by atoms with Crippen LogP contribution in [0.2, 0.25) is 0 Å². The molecule has 0 spiro atoms. The summed E-state index contributed by atoms with van der Waals surface area (Å²) in [6.07, 6.45) is 0.854. The highest BCUT2D eigenvalue weighted by atomic mass is 19.1. The molecule has 1 aliphatic heterocycles. The molecule has 6 heteroatoms. The average Bonchev–Trinajstić information content (AvgIpc) is 2.84. The van der Waals surface area contributed by atoms with Crippen molar-refractivity contribution in [3.8, 4) is 0 Å². The molecule has 2 heterocycles. The monoisotopic (exact) mass is 317 g/mol. The number of aromatic nitrogens is 1. The van der Waals surface area contributed by atoms with Gasteiger partial charge in [0.05, 0.1) is 5.69 Å².